The number of ketones is 1. The van der Waals surface area contributed by atoms with E-state index in [2.05, 4.69) is 0 Å². The summed E-state index contributed by atoms with van der Waals surface area (Å²) in [4.78, 5) is 11.5. The van der Waals surface area contributed by atoms with E-state index in [1.807, 2.05) is 18.2 Å². The van der Waals surface area contributed by atoms with Crippen molar-refractivity contribution in [1.82, 2.24) is 0 Å². The van der Waals surface area contributed by atoms with Crippen molar-refractivity contribution in [2.75, 3.05) is 0 Å². The largest absolute Gasteiger partial charge is 0.294 e. The summed E-state index contributed by atoms with van der Waals surface area (Å²) in [5.74, 6) is -0.00394. The average Bonchev–Trinajstić information content (AvgIpc) is 2.72. The number of benzene rings is 2. The Balaban J connectivity index is 2.05. The van der Waals surface area contributed by atoms with Crippen molar-refractivity contribution in [3.05, 3.63) is 59.4 Å². The molecule has 3 rings (SSSR count). The van der Waals surface area contributed by atoms with Crippen LogP contribution in [0.5, 0.6) is 0 Å². The van der Waals surface area contributed by atoms with Gasteiger partial charge in [0.15, 0.2) is 5.78 Å². The molecular weight excluding hydrogens is 215 g/mol. The van der Waals surface area contributed by atoms with Gasteiger partial charge in [0.05, 0.1) is 0 Å². The van der Waals surface area contributed by atoms with Crippen LogP contribution in [0.25, 0.3) is 11.1 Å². The lowest BCUT2D eigenvalue weighted by Crippen LogP contribution is -1.90. The molecule has 0 aliphatic heterocycles. The van der Waals surface area contributed by atoms with E-state index in [4.69, 9.17) is 0 Å². The van der Waals surface area contributed by atoms with Crippen molar-refractivity contribution in [1.29, 1.82) is 0 Å². The SMILES string of the molecule is O=C1CCc2cc(-c3ccc(F)cc3)ccc21. The van der Waals surface area contributed by atoms with Crippen LogP contribution in [0, 0.1) is 5.82 Å². The molecule has 1 aliphatic rings. The Hall–Kier alpha value is -1.96. The molecule has 2 heteroatoms. The fourth-order valence-electron chi connectivity index (χ4n) is 2.28. The summed E-state index contributed by atoms with van der Waals surface area (Å²) in [5, 5.41) is 0. The molecule has 0 N–H and O–H groups in total. The highest BCUT2D eigenvalue weighted by atomic mass is 19.1. The smallest absolute Gasteiger partial charge is 0.163 e. The van der Waals surface area contributed by atoms with Gasteiger partial charge in [0.25, 0.3) is 0 Å². The fourth-order valence-corrected chi connectivity index (χ4v) is 2.28. The Morgan fingerprint density at radius 3 is 2.35 bits per heavy atom. The molecular formula is C15H11FO. The summed E-state index contributed by atoms with van der Waals surface area (Å²) in [6.45, 7) is 0. The van der Waals surface area contributed by atoms with Crippen molar-refractivity contribution in [2.24, 2.45) is 0 Å². The summed E-state index contributed by atoms with van der Waals surface area (Å²) in [7, 11) is 0. The van der Waals surface area contributed by atoms with Crippen LogP contribution in [0.1, 0.15) is 22.3 Å². The minimum absolute atomic E-state index is 0.227. The Morgan fingerprint density at radius 2 is 1.59 bits per heavy atom. The van der Waals surface area contributed by atoms with Crippen LogP contribution < -0.4 is 0 Å². The molecule has 0 amide bonds. The van der Waals surface area contributed by atoms with E-state index in [1.165, 1.54) is 12.1 Å². The molecule has 2 aromatic rings. The third-order valence-electron chi connectivity index (χ3n) is 3.20. The second-order valence-corrected chi connectivity index (χ2v) is 4.30. The maximum absolute atomic E-state index is 12.8. The Bertz CT molecular complexity index is 584. The van der Waals surface area contributed by atoms with Crippen LogP contribution in [0.4, 0.5) is 4.39 Å². The van der Waals surface area contributed by atoms with Crippen molar-refractivity contribution >= 4 is 5.78 Å². The molecule has 0 bridgehead atoms. The van der Waals surface area contributed by atoms with Gasteiger partial charge < -0.3 is 0 Å². The summed E-state index contributed by atoms with van der Waals surface area (Å²) in [6.07, 6.45) is 1.44. The Kier molecular flexibility index (Phi) is 2.29. The first kappa shape index (κ1) is 10.2. The molecule has 17 heavy (non-hydrogen) atoms. The van der Waals surface area contributed by atoms with Gasteiger partial charge in [0.2, 0.25) is 0 Å². The summed E-state index contributed by atoms with van der Waals surface area (Å²) in [5.41, 5.74) is 3.97. The fraction of sp³-hybridized carbons (Fsp3) is 0.133. The second kappa shape index (κ2) is 3.81. The van der Waals surface area contributed by atoms with Crippen LogP contribution in [0.2, 0.25) is 0 Å². The molecule has 0 spiro atoms. The summed E-state index contributed by atoms with van der Waals surface area (Å²) < 4.78 is 12.8. The minimum Gasteiger partial charge on any atom is -0.294 e. The van der Waals surface area contributed by atoms with Gasteiger partial charge in [-0.2, -0.15) is 0 Å². The number of hydrogen-bond acceptors (Lipinski definition) is 1. The standard InChI is InChI=1S/C15H11FO/c16-13-5-1-10(2-6-13)11-3-7-14-12(9-11)4-8-15(14)17/h1-3,5-7,9H,4,8H2. The normalized spacial score (nSPS) is 13.8. The molecule has 84 valence electrons. The van der Waals surface area contributed by atoms with E-state index in [9.17, 15) is 9.18 Å². The molecule has 1 nitrogen and oxygen atoms in total. The Labute approximate surface area is 98.9 Å². The number of fused-ring (bicyclic) bond motifs is 1. The van der Waals surface area contributed by atoms with E-state index in [0.29, 0.717) is 6.42 Å². The quantitative estimate of drug-likeness (QED) is 0.725. The first-order chi connectivity index (χ1) is 8.24. The van der Waals surface area contributed by atoms with Crippen molar-refractivity contribution in [2.45, 2.75) is 12.8 Å². The third kappa shape index (κ3) is 1.76. The highest BCUT2D eigenvalue weighted by Gasteiger charge is 2.19. The zero-order valence-electron chi connectivity index (χ0n) is 9.24. The zero-order valence-corrected chi connectivity index (χ0v) is 9.24. The van der Waals surface area contributed by atoms with Gasteiger partial charge in [-0.3, -0.25) is 4.79 Å². The van der Waals surface area contributed by atoms with Crippen LogP contribution in [0.15, 0.2) is 42.5 Å². The maximum atomic E-state index is 12.8. The van der Waals surface area contributed by atoms with Gasteiger partial charge in [-0.1, -0.05) is 30.3 Å². The molecule has 0 saturated heterocycles. The highest BCUT2D eigenvalue weighted by molar-refractivity contribution is 6.00. The predicted molar refractivity (Wildman–Crippen MR) is 64.5 cm³/mol. The van der Waals surface area contributed by atoms with Gasteiger partial charge >= 0.3 is 0 Å². The van der Waals surface area contributed by atoms with Crippen molar-refractivity contribution in [3.63, 3.8) is 0 Å². The van der Waals surface area contributed by atoms with Gasteiger partial charge in [-0.05, 0) is 35.2 Å². The maximum Gasteiger partial charge on any atom is 0.163 e. The van der Waals surface area contributed by atoms with Gasteiger partial charge in [-0.25, -0.2) is 4.39 Å². The summed E-state index contributed by atoms with van der Waals surface area (Å²) in [6, 6.07) is 12.3. The molecule has 0 fully saturated rings. The van der Waals surface area contributed by atoms with Gasteiger partial charge in [0, 0.05) is 12.0 Å². The third-order valence-corrected chi connectivity index (χ3v) is 3.20. The minimum atomic E-state index is -0.231. The lowest BCUT2D eigenvalue weighted by Gasteiger charge is -2.04. The second-order valence-electron chi connectivity index (χ2n) is 4.30. The number of halogens is 1. The number of Topliss-reactive ketones (excluding diaryl/α,β-unsaturated/α-hetero) is 1. The molecule has 2 aromatic carbocycles. The van der Waals surface area contributed by atoms with Gasteiger partial charge in [-0.15, -0.1) is 0 Å². The van der Waals surface area contributed by atoms with E-state index in [0.717, 1.165) is 28.7 Å². The highest BCUT2D eigenvalue weighted by Crippen LogP contribution is 2.28. The number of rotatable bonds is 1. The van der Waals surface area contributed by atoms with Crippen LogP contribution >= 0.6 is 0 Å². The molecule has 0 atom stereocenters. The lowest BCUT2D eigenvalue weighted by molar-refractivity contribution is 0.0994. The average molecular weight is 226 g/mol. The molecule has 1 aliphatic carbocycles. The van der Waals surface area contributed by atoms with Crippen molar-refractivity contribution < 1.29 is 9.18 Å². The molecule has 0 saturated carbocycles. The van der Waals surface area contributed by atoms with Crippen LogP contribution in [-0.2, 0) is 6.42 Å². The van der Waals surface area contributed by atoms with E-state index in [-0.39, 0.29) is 11.6 Å². The predicted octanol–water partition coefficient (Wildman–Crippen LogP) is 3.62. The number of carbonyl (C=O) groups excluding carboxylic acids is 1. The van der Waals surface area contributed by atoms with E-state index < -0.39 is 0 Å². The van der Waals surface area contributed by atoms with Crippen molar-refractivity contribution in [3.8, 4) is 11.1 Å². The van der Waals surface area contributed by atoms with Crippen LogP contribution in [0.3, 0.4) is 0 Å². The first-order valence-electron chi connectivity index (χ1n) is 5.66. The molecule has 0 unspecified atom stereocenters. The zero-order chi connectivity index (χ0) is 11.8. The lowest BCUT2D eigenvalue weighted by atomic mass is 10.0. The number of aryl methyl sites for hydroxylation is 1. The first-order valence-corrected chi connectivity index (χ1v) is 5.66. The topological polar surface area (TPSA) is 17.1 Å². The number of hydrogen-bond donors (Lipinski definition) is 0. The molecule has 0 heterocycles. The van der Waals surface area contributed by atoms with E-state index in [1.54, 1.807) is 12.1 Å². The monoisotopic (exact) mass is 226 g/mol. The number of carbonyl (C=O) groups is 1. The molecule has 0 aromatic heterocycles. The van der Waals surface area contributed by atoms with Crippen LogP contribution in [-0.4, -0.2) is 5.78 Å². The molecule has 0 radical (unpaired) electrons. The Morgan fingerprint density at radius 1 is 0.882 bits per heavy atom. The van der Waals surface area contributed by atoms with E-state index >= 15 is 0 Å². The van der Waals surface area contributed by atoms with Gasteiger partial charge in [0.1, 0.15) is 5.82 Å². The summed E-state index contributed by atoms with van der Waals surface area (Å²) >= 11 is 0.